The normalized spacial score (nSPS) is 12.7. The van der Waals surface area contributed by atoms with E-state index < -0.39 is 0 Å². The Morgan fingerprint density at radius 1 is 1.24 bits per heavy atom. The lowest BCUT2D eigenvalue weighted by atomic mass is 10.1. The molecule has 5 nitrogen and oxygen atoms in total. The Bertz CT molecular complexity index is 816. The Morgan fingerprint density at radius 2 is 2.00 bits per heavy atom. The largest absolute Gasteiger partial charge is 0.373 e. The number of ether oxygens (including phenoxy) is 1. The summed E-state index contributed by atoms with van der Waals surface area (Å²) in [6.07, 6.45) is 0.532. The predicted molar refractivity (Wildman–Crippen MR) is 81.7 cm³/mol. The Hall–Kier alpha value is -2.40. The van der Waals surface area contributed by atoms with Crippen molar-refractivity contribution in [2.75, 3.05) is 7.11 Å². The number of methoxy groups -OCH3 is 1. The van der Waals surface area contributed by atoms with E-state index in [1.807, 2.05) is 49.4 Å². The third kappa shape index (κ3) is 2.36. The van der Waals surface area contributed by atoms with Gasteiger partial charge in [-0.3, -0.25) is 0 Å². The zero-order valence-electron chi connectivity index (χ0n) is 12.0. The van der Waals surface area contributed by atoms with Crippen LogP contribution in [0.25, 0.3) is 16.5 Å². The van der Waals surface area contributed by atoms with Gasteiger partial charge in [-0.1, -0.05) is 37.3 Å². The molecule has 108 valence electrons. The number of aromatic nitrogens is 3. The number of fused-ring (bicyclic) bond motifs is 1. The van der Waals surface area contributed by atoms with Crippen LogP contribution in [0.1, 0.15) is 25.3 Å². The molecule has 21 heavy (non-hydrogen) atoms. The number of nitrogens with one attached hydrogen (secondary N) is 1. The van der Waals surface area contributed by atoms with Crippen molar-refractivity contribution < 1.29 is 4.74 Å². The van der Waals surface area contributed by atoms with Gasteiger partial charge in [0.15, 0.2) is 5.82 Å². The highest BCUT2D eigenvalue weighted by Crippen LogP contribution is 2.22. The second-order valence-corrected chi connectivity index (χ2v) is 4.89. The van der Waals surface area contributed by atoms with Crippen LogP contribution in [-0.4, -0.2) is 21.9 Å². The summed E-state index contributed by atoms with van der Waals surface area (Å²) in [5.74, 6) is 0.597. The zero-order valence-corrected chi connectivity index (χ0v) is 12.0. The molecule has 0 unspecified atom stereocenters. The minimum absolute atomic E-state index is 0.213. The van der Waals surface area contributed by atoms with Crippen LogP contribution in [0, 0.1) is 0 Å². The monoisotopic (exact) mass is 283 g/mol. The molecule has 2 aromatic carbocycles. The first-order valence-electron chi connectivity index (χ1n) is 6.94. The molecule has 0 amide bonds. The van der Waals surface area contributed by atoms with Crippen LogP contribution in [0.5, 0.6) is 0 Å². The highest BCUT2D eigenvalue weighted by Gasteiger charge is 2.18. The van der Waals surface area contributed by atoms with Gasteiger partial charge >= 0.3 is 5.69 Å². The molecule has 1 aromatic heterocycles. The van der Waals surface area contributed by atoms with Gasteiger partial charge in [-0.05, 0) is 29.3 Å². The molecule has 3 rings (SSSR count). The van der Waals surface area contributed by atoms with Crippen LogP contribution in [0.15, 0.2) is 47.3 Å². The maximum absolute atomic E-state index is 12.1. The minimum Gasteiger partial charge on any atom is -0.373 e. The van der Waals surface area contributed by atoms with E-state index in [9.17, 15) is 4.79 Å². The van der Waals surface area contributed by atoms with Crippen molar-refractivity contribution in [2.24, 2.45) is 0 Å². The molecule has 0 saturated heterocycles. The van der Waals surface area contributed by atoms with Crippen LogP contribution in [-0.2, 0) is 4.74 Å². The predicted octanol–water partition coefficient (Wildman–Crippen LogP) is 2.81. The van der Waals surface area contributed by atoms with E-state index in [-0.39, 0.29) is 11.8 Å². The summed E-state index contributed by atoms with van der Waals surface area (Å²) in [6, 6.07) is 14.0. The molecule has 0 aliphatic rings. The van der Waals surface area contributed by atoms with Crippen LogP contribution in [0.2, 0.25) is 0 Å². The number of benzene rings is 2. The smallest absolute Gasteiger partial charge is 0.348 e. The SMILES string of the molecule is CC[C@@H](OC)c1n[nH]c(=O)n1-c1ccc2ccccc2c1. The summed E-state index contributed by atoms with van der Waals surface area (Å²) >= 11 is 0. The molecular weight excluding hydrogens is 266 g/mol. The molecule has 3 aromatic rings. The Labute approximate surface area is 122 Å². The minimum atomic E-state index is -0.254. The van der Waals surface area contributed by atoms with Crippen molar-refractivity contribution in [3.8, 4) is 5.69 Å². The number of nitrogens with zero attached hydrogens (tertiary/aromatic N) is 2. The van der Waals surface area contributed by atoms with Crippen molar-refractivity contribution in [2.45, 2.75) is 19.4 Å². The van der Waals surface area contributed by atoms with Gasteiger partial charge in [-0.2, -0.15) is 5.10 Å². The van der Waals surface area contributed by atoms with Crippen LogP contribution < -0.4 is 5.69 Å². The highest BCUT2D eigenvalue weighted by molar-refractivity contribution is 5.84. The van der Waals surface area contributed by atoms with Gasteiger partial charge in [0.2, 0.25) is 0 Å². The number of hydrogen-bond donors (Lipinski definition) is 1. The Balaban J connectivity index is 2.18. The van der Waals surface area contributed by atoms with E-state index in [0.29, 0.717) is 5.82 Å². The summed E-state index contributed by atoms with van der Waals surface area (Å²) in [5, 5.41) is 8.84. The van der Waals surface area contributed by atoms with Crippen LogP contribution in [0.4, 0.5) is 0 Å². The summed E-state index contributed by atoms with van der Waals surface area (Å²) in [4.78, 5) is 12.1. The van der Waals surface area contributed by atoms with E-state index in [2.05, 4.69) is 10.2 Å². The van der Waals surface area contributed by atoms with Gasteiger partial charge < -0.3 is 4.74 Å². The fraction of sp³-hybridized carbons (Fsp3) is 0.250. The van der Waals surface area contributed by atoms with Crippen molar-refractivity contribution >= 4 is 10.8 Å². The first-order chi connectivity index (χ1) is 10.2. The van der Waals surface area contributed by atoms with E-state index in [1.54, 1.807) is 11.7 Å². The van der Waals surface area contributed by atoms with Crippen molar-refractivity contribution in [3.63, 3.8) is 0 Å². The molecule has 0 radical (unpaired) electrons. The number of H-pyrrole nitrogens is 1. The molecule has 0 fully saturated rings. The second-order valence-electron chi connectivity index (χ2n) is 4.89. The first kappa shape index (κ1) is 13.6. The molecule has 1 atom stereocenters. The van der Waals surface area contributed by atoms with Gasteiger partial charge in [-0.15, -0.1) is 0 Å². The van der Waals surface area contributed by atoms with E-state index in [0.717, 1.165) is 22.9 Å². The van der Waals surface area contributed by atoms with Crippen molar-refractivity contribution in [1.82, 2.24) is 14.8 Å². The Morgan fingerprint density at radius 3 is 2.71 bits per heavy atom. The molecule has 0 bridgehead atoms. The van der Waals surface area contributed by atoms with Crippen molar-refractivity contribution in [1.29, 1.82) is 0 Å². The van der Waals surface area contributed by atoms with Gasteiger partial charge in [0.25, 0.3) is 0 Å². The lowest BCUT2D eigenvalue weighted by Gasteiger charge is -2.13. The van der Waals surface area contributed by atoms with E-state index >= 15 is 0 Å². The van der Waals surface area contributed by atoms with Crippen molar-refractivity contribution in [3.05, 3.63) is 58.8 Å². The zero-order chi connectivity index (χ0) is 14.8. The molecule has 0 aliphatic heterocycles. The second kappa shape index (κ2) is 5.54. The lowest BCUT2D eigenvalue weighted by molar-refractivity contribution is 0.0910. The fourth-order valence-corrected chi connectivity index (χ4v) is 2.55. The molecule has 5 heteroatoms. The average Bonchev–Trinajstić information content (AvgIpc) is 2.90. The summed E-state index contributed by atoms with van der Waals surface area (Å²) in [5.41, 5.74) is 0.536. The summed E-state index contributed by atoms with van der Waals surface area (Å²) < 4.78 is 6.98. The molecule has 0 spiro atoms. The third-order valence-electron chi connectivity index (χ3n) is 3.63. The fourth-order valence-electron chi connectivity index (χ4n) is 2.55. The first-order valence-corrected chi connectivity index (χ1v) is 6.94. The Kier molecular flexibility index (Phi) is 3.58. The quantitative estimate of drug-likeness (QED) is 0.801. The van der Waals surface area contributed by atoms with Gasteiger partial charge in [0, 0.05) is 7.11 Å². The number of hydrogen-bond acceptors (Lipinski definition) is 3. The lowest BCUT2D eigenvalue weighted by Crippen LogP contribution is -2.19. The molecule has 1 heterocycles. The van der Waals surface area contributed by atoms with Crippen LogP contribution in [0.3, 0.4) is 0 Å². The number of aromatic amines is 1. The summed E-state index contributed by atoms with van der Waals surface area (Å²) in [7, 11) is 1.62. The van der Waals surface area contributed by atoms with Gasteiger partial charge in [0.05, 0.1) is 5.69 Å². The molecule has 0 aliphatic carbocycles. The van der Waals surface area contributed by atoms with E-state index in [1.165, 1.54) is 0 Å². The number of rotatable bonds is 4. The topological polar surface area (TPSA) is 59.9 Å². The van der Waals surface area contributed by atoms with Gasteiger partial charge in [0.1, 0.15) is 6.10 Å². The molecule has 1 N–H and O–H groups in total. The average molecular weight is 283 g/mol. The molecule has 0 saturated carbocycles. The maximum atomic E-state index is 12.1. The molecular formula is C16H17N3O2. The third-order valence-corrected chi connectivity index (χ3v) is 3.63. The highest BCUT2D eigenvalue weighted by atomic mass is 16.5. The summed E-state index contributed by atoms with van der Waals surface area (Å²) in [6.45, 7) is 2.00. The van der Waals surface area contributed by atoms with Crippen LogP contribution >= 0.6 is 0 Å². The van der Waals surface area contributed by atoms with E-state index in [4.69, 9.17) is 4.74 Å². The van der Waals surface area contributed by atoms with Gasteiger partial charge in [-0.25, -0.2) is 14.5 Å². The maximum Gasteiger partial charge on any atom is 0.348 e. The standard InChI is InChI=1S/C16H17N3O2/c1-3-14(21-2)15-17-18-16(20)19(15)13-9-8-11-6-4-5-7-12(11)10-13/h4-10,14H,3H2,1-2H3,(H,18,20)/t14-/m1/s1.